The van der Waals surface area contributed by atoms with Crippen molar-refractivity contribution in [3.05, 3.63) is 69.7 Å². The molecule has 0 bridgehead atoms. The van der Waals surface area contributed by atoms with Crippen LogP contribution in [0.1, 0.15) is 44.7 Å². The van der Waals surface area contributed by atoms with Crippen molar-refractivity contribution >= 4 is 29.0 Å². The molecule has 0 aliphatic carbocycles. The molecule has 9 heteroatoms. The van der Waals surface area contributed by atoms with E-state index in [-0.39, 0.29) is 17.9 Å². The number of rotatable bonds is 6. The number of aryl methyl sites for hydroxylation is 1. The number of nitrogens with one attached hydrogen (secondary N) is 2. The fraction of sp³-hybridized carbons (Fsp3) is 0.333. The Kier molecular flexibility index (Phi) is 7.19. The van der Waals surface area contributed by atoms with Gasteiger partial charge < -0.3 is 20.3 Å². The number of benzene rings is 2. The average molecular weight is 466 g/mol. The number of nitrogens with zero attached hydrogens (tertiary/aromatic N) is 3. The van der Waals surface area contributed by atoms with Crippen LogP contribution < -0.4 is 15.4 Å². The Hall–Kier alpha value is -3.46. The third kappa shape index (κ3) is 5.87. The van der Waals surface area contributed by atoms with Gasteiger partial charge in [0.25, 0.3) is 5.91 Å². The third-order valence-corrected chi connectivity index (χ3v) is 6.66. The number of hydrogen-bond donors (Lipinski definition) is 2. The SMILES string of the molecule is COc1cccc(CNC(=O)N2CCC[C@H](c3nnc(C(=O)Nc4ccc(C)cc4)s3)C2)c1. The first-order valence-corrected chi connectivity index (χ1v) is 11.7. The first kappa shape index (κ1) is 22.7. The van der Waals surface area contributed by atoms with Gasteiger partial charge in [-0.15, -0.1) is 10.2 Å². The predicted octanol–water partition coefficient (Wildman–Crippen LogP) is 4.20. The van der Waals surface area contributed by atoms with E-state index in [9.17, 15) is 9.59 Å². The number of carbonyl (C=O) groups is 2. The molecule has 1 fully saturated rings. The molecule has 1 saturated heterocycles. The van der Waals surface area contributed by atoms with E-state index < -0.39 is 0 Å². The van der Waals surface area contributed by atoms with Gasteiger partial charge in [-0.3, -0.25) is 4.79 Å². The standard InChI is InChI=1S/C24H27N5O3S/c1-16-8-10-19(11-9-16)26-21(30)23-28-27-22(33-23)18-6-4-12-29(15-18)24(31)25-14-17-5-3-7-20(13-17)32-2/h3,5,7-11,13,18H,4,6,12,14-15H2,1-2H3,(H,25,31)(H,26,30)/t18-/m0/s1. The van der Waals surface area contributed by atoms with Gasteiger partial charge in [0, 0.05) is 31.2 Å². The van der Waals surface area contributed by atoms with E-state index in [0.717, 1.165) is 40.4 Å². The molecule has 1 aliphatic heterocycles. The summed E-state index contributed by atoms with van der Waals surface area (Å²) in [7, 11) is 1.62. The summed E-state index contributed by atoms with van der Waals surface area (Å²) in [5.41, 5.74) is 2.82. The number of methoxy groups -OCH3 is 1. The average Bonchev–Trinajstić information content (AvgIpc) is 3.35. The Balaban J connectivity index is 1.33. The van der Waals surface area contributed by atoms with Gasteiger partial charge in [-0.05, 0) is 49.6 Å². The number of anilines is 1. The van der Waals surface area contributed by atoms with Crippen molar-refractivity contribution in [3.8, 4) is 5.75 Å². The molecule has 2 N–H and O–H groups in total. The third-order valence-electron chi connectivity index (χ3n) is 5.58. The number of urea groups is 1. The van der Waals surface area contributed by atoms with Crippen molar-refractivity contribution in [2.75, 3.05) is 25.5 Å². The maximum atomic E-state index is 12.7. The highest BCUT2D eigenvalue weighted by Crippen LogP contribution is 2.29. The largest absolute Gasteiger partial charge is 0.497 e. The molecular formula is C24H27N5O3S. The zero-order chi connectivity index (χ0) is 23.2. The lowest BCUT2D eigenvalue weighted by atomic mass is 9.99. The minimum Gasteiger partial charge on any atom is -0.497 e. The molecule has 4 rings (SSSR count). The van der Waals surface area contributed by atoms with Crippen LogP contribution in [0.4, 0.5) is 10.5 Å². The van der Waals surface area contributed by atoms with Gasteiger partial charge in [0.2, 0.25) is 5.01 Å². The van der Waals surface area contributed by atoms with Crippen molar-refractivity contribution in [1.29, 1.82) is 0 Å². The molecule has 1 atom stereocenters. The van der Waals surface area contributed by atoms with Crippen LogP contribution in [0.5, 0.6) is 5.75 Å². The van der Waals surface area contributed by atoms with E-state index in [0.29, 0.717) is 24.6 Å². The molecule has 3 aromatic rings. The van der Waals surface area contributed by atoms with Crippen LogP contribution in [-0.2, 0) is 6.54 Å². The number of likely N-dealkylation sites (tertiary alicyclic amines) is 1. The van der Waals surface area contributed by atoms with E-state index in [1.807, 2.05) is 60.4 Å². The van der Waals surface area contributed by atoms with Crippen molar-refractivity contribution in [2.45, 2.75) is 32.2 Å². The Morgan fingerprint density at radius 1 is 1.18 bits per heavy atom. The van der Waals surface area contributed by atoms with Crippen molar-refractivity contribution in [2.24, 2.45) is 0 Å². The fourth-order valence-electron chi connectivity index (χ4n) is 3.75. The van der Waals surface area contributed by atoms with Crippen LogP contribution >= 0.6 is 11.3 Å². The molecule has 0 saturated carbocycles. The molecule has 172 valence electrons. The van der Waals surface area contributed by atoms with Crippen LogP contribution in [0.25, 0.3) is 0 Å². The van der Waals surface area contributed by atoms with E-state index in [1.54, 1.807) is 7.11 Å². The van der Waals surface area contributed by atoms with Crippen molar-refractivity contribution in [3.63, 3.8) is 0 Å². The summed E-state index contributed by atoms with van der Waals surface area (Å²) in [6.45, 7) is 3.67. The number of amides is 3. The highest BCUT2D eigenvalue weighted by molar-refractivity contribution is 7.13. The van der Waals surface area contributed by atoms with E-state index in [1.165, 1.54) is 11.3 Å². The highest BCUT2D eigenvalue weighted by Gasteiger charge is 2.28. The summed E-state index contributed by atoms with van der Waals surface area (Å²) >= 11 is 1.29. The summed E-state index contributed by atoms with van der Waals surface area (Å²) in [6.07, 6.45) is 1.79. The second kappa shape index (κ2) is 10.4. The second-order valence-electron chi connectivity index (χ2n) is 8.06. The van der Waals surface area contributed by atoms with Gasteiger partial charge in [-0.2, -0.15) is 0 Å². The maximum Gasteiger partial charge on any atom is 0.317 e. The van der Waals surface area contributed by atoms with Crippen LogP contribution in [0, 0.1) is 6.92 Å². The van der Waals surface area contributed by atoms with Gasteiger partial charge in [0.05, 0.1) is 7.11 Å². The monoisotopic (exact) mass is 465 g/mol. The lowest BCUT2D eigenvalue weighted by Crippen LogP contribution is -2.44. The Bertz CT molecular complexity index is 1120. The summed E-state index contributed by atoms with van der Waals surface area (Å²) < 4.78 is 5.23. The second-order valence-corrected chi connectivity index (χ2v) is 9.07. The lowest BCUT2D eigenvalue weighted by Gasteiger charge is -2.31. The number of ether oxygens (including phenoxy) is 1. The van der Waals surface area contributed by atoms with E-state index >= 15 is 0 Å². The van der Waals surface area contributed by atoms with Gasteiger partial charge in [0.15, 0.2) is 0 Å². The molecule has 0 unspecified atom stereocenters. The summed E-state index contributed by atoms with van der Waals surface area (Å²) in [4.78, 5) is 27.1. The van der Waals surface area contributed by atoms with Crippen LogP contribution in [0.2, 0.25) is 0 Å². The molecule has 0 spiro atoms. The minimum absolute atomic E-state index is 0.0692. The Morgan fingerprint density at radius 3 is 2.79 bits per heavy atom. The molecule has 2 heterocycles. The Labute approximate surface area is 197 Å². The highest BCUT2D eigenvalue weighted by atomic mass is 32.1. The molecule has 2 aromatic carbocycles. The first-order chi connectivity index (χ1) is 16.0. The van der Waals surface area contributed by atoms with Gasteiger partial charge in [-0.25, -0.2) is 4.79 Å². The molecule has 8 nitrogen and oxygen atoms in total. The molecule has 1 aliphatic rings. The maximum absolute atomic E-state index is 12.7. The quantitative estimate of drug-likeness (QED) is 0.569. The van der Waals surface area contributed by atoms with Crippen LogP contribution in [0.3, 0.4) is 0 Å². The van der Waals surface area contributed by atoms with E-state index in [2.05, 4.69) is 20.8 Å². The molecule has 33 heavy (non-hydrogen) atoms. The normalized spacial score (nSPS) is 15.7. The zero-order valence-electron chi connectivity index (χ0n) is 18.7. The summed E-state index contributed by atoms with van der Waals surface area (Å²) in [6, 6.07) is 15.1. The fourth-order valence-corrected chi connectivity index (χ4v) is 4.61. The number of aromatic nitrogens is 2. The molecular weight excluding hydrogens is 438 g/mol. The van der Waals surface area contributed by atoms with Crippen LogP contribution in [-0.4, -0.2) is 47.2 Å². The molecule has 3 amide bonds. The van der Waals surface area contributed by atoms with Crippen molar-refractivity contribution in [1.82, 2.24) is 20.4 Å². The topological polar surface area (TPSA) is 96.4 Å². The van der Waals surface area contributed by atoms with Crippen LogP contribution in [0.15, 0.2) is 48.5 Å². The smallest absolute Gasteiger partial charge is 0.317 e. The zero-order valence-corrected chi connectivity index (χ0v) is 19.5. The number of piperidine rings is 1. The first-order valence-electron chi connectivity index (χ1n) is 10.9. The number of carbonyl (C=O) groups excluding carboxylic acids is 2. The molecule has 1 aromatic heterocycles. The number of hydrogen-bond acceptors (Lipinski definition) is 6. The summed E-state index contributed by atoms with van der Waals surface area (Å²) in [5.74, 6) is 0.560. The van der Waals surface area contributed by atoms with Gasteiger partial charge in [0.1, 0.15) is 10.8 Å². The lowest BCUT2D eigenvalue weighted by molar-refractivity contribution is 0.102. The summed E-state index contributed by atoms with van der Waals surface area (Å²) in [5, 5.41) is 15.3. The van der Waals surface area contributed by atoms with Gasteiger partial charge >= 0.3 is 6.03 Å². The van der Waals surface area contributed by atoms with Crippen molar-refractivity contribution < 1.29 is 14.3 Å². The minimum atomic E-state index is -0.272. The predicted molar refractivity (Wildman–Crippen MR) is 128 cm³/mol. The Morgan fingerprint density at radius 2 is 2.00 bits per heavy atom. The van der Waals surface area contributed by atoms with E-state index in [4.69, 9.17) is 4.74 Å². The van der Waals surface area contributed by atoms with Gasteiger partial charge in [-0.1, -0.05) is 41.2 Å². The molecule has 0 radical (unpaired) electrons.